The second-order valence-electron chi connectivity index (χ2n) is 6.12. The molecule has 4 rings (SSSR count). The minimum atomic E-state index is 0.0618. The molecule has 3 heterocycles. The van der Waals surface area contributed by atoms with E-state index in [0.29, 0.717) is 24.4 Å². The van der Waals surface area contributed by atoms with E-state index in [1.807, 2.05) is 18.2 Å². The Morgan fingerprint density at radius 1 is 1.38 bits per heavy atom. The molecule has 0 saturated carbocycles. The van der Waals surface area contributed by atoms with Gasteiger partial charge in [-0.05, 0) is 30.2 Å². The molecule has 1 amide bonds. The molecule has 0 radical (unpaired) electrons. The number of carbonyl (C=O) groups excluding carboxylic acids is 1. The van der Waals surface area contributed by atoms with E-state index in [4.69, 9.17) is 5.26 Å². The zero-order valence-electron chi connectivity index (χ0n) is 14.3. The van der Waals surface area contributed by atoms with Gasteiger partial charge in [-0.3, -0.25) is 4.79 Å². The van der Waals surface area contributed by atoms with E-state index in [0.717, 1.165) is 35.3 Å². The van der Waals surface area contributed by atoms with Gasteiger partial charge in [-0.1, -0.05) is 0 Å². The number of nitriles is 1. The van der Waals surface area contributed by atoms with E-state index < -0.39 is 0 Å². The van der Waals surface area contributed by atoms with Gasteiger partial charge < -0.3 is 10.2 Å². The van der Waals surface area contributed by atoms with Crippen molar-refractivity contribution in [2.24, 2.45) is 0 Å². The molecule has 0 bridgehead atoms. The lowest BCUT2D eigenvalue weighted by Gasteiger charge is -2.15. The maximum atomic E-state index is 11.7. The highest BCUT2D eigenvalue weighted by molar-refractivity contribution is 5.94. The Balaban J connectivity index is 1.63. The average Bonchev–Trinajstić information content (AvgIpc) is 3.24. The molecule has 1 N–H and O–H groups in total. The Kier molecular flexibility index (Phi) is 3.97. The second-order valence-corrected chi connectivity index (χ2v) is 6.12. The lowest BCUT2D eigenvalue weighted by molar-refractivity contribution is -0.116. The summed E-state index contributed by atoms with van der Waals surface area (Å²) in [7, 11) is 0. The fraction of sp³-hybridized carbons (Fsp3) is 0.278. The summed E-state index contributed by atoms with van der Waals surface area (Å²) in [4.78, 5) is 22.1. The molecule has 0 unspecified atom stereocenters. The van der Waals surface area contributed by atoms with Crippen LogP contribution in [0.1, 0.15) is 18.9 Å². The predicted molar refractivity (Wildman–Crippen MR) is 97.0 cm³/mol. The monoisotopic (exact) mass is 347 g/mol. The zero-order valence-corrected chi connectivity index (χ0v) is 14.3. The maximum Gasteiger partial charge on any atom is 0.223 e. The van der Waals surface area contributed by atoms with Gasteiger partial charge in [0.2, 0.25) is 5.91 Å². The topological polar surface area (TPSA) is 99.7 Å². The second kappa shape index (κ2) is 6.44. The number of fused-ring (bicyclic) bond motifs is 2. The number of aromatic nitrogens is 4. The molecular formula is C18H17N7O. The lowest BCUT2D eigenvalue weighted by Crippen LogP contribution is -2.25. The van der Waals surface area contributed by atoms with Crippen LogP contribution in [0.25, 0.3) is 11.0 Å². The zero-order chi connectivity index (χ0) is 18.1. The largest absolute Gasteiger partial charge is 0.340 e. The van der Waals surface area contributed by atoms with Crippen LogP contribution in [0.15, 0.2) is 30.7 Å². The van der Waals surface area contributed by atoms with Crippen LogP contribution in [0.2, 0.25) is 0 Å². The Hall–Kier alpha value is -3.47. The maximum absolute atomic E-state index is 11.7. The van der Waals surface area contributed by atoms with Crippen LogP contribution in [0.3, 0.4) is 0 Å². The van der Waals surface area contributed by atoms with E-state index in [9.17, 15) is 4.79 Å². The van der Waals surface area contributed by atoms with Crippen molar-refractivity contribution in [3.8, 4) is 6.07 Å². The molecule has 0 atom stereocenters. The van der Waals surface area contributed by atoms with Gasteiger partial charge in [0.15, 0.2) is 5.65 Å². The fourth-order valence-electron chi connectivity index (χ4n) is 3.26. The molecule has 1 aromatic carbocycles. The van der Waals surface area contributed by atoms with Gasteiger partial charge in [0.25, 0.3) is 0 Å². The van der Waals surface area contributed by atoms with Gasteiger partial charge in [-0.25, -0.2) is 14.6 Å². The van der Waals surface area contributed by atoms with Crippen LogP contribution in [0, 0.1) is 11.3 Å². The molecule has 1 aliphatic heterocycles. The number of hydrogen-bond donors (Lipinski definition) is 1. The van der Waals surface area contributed by atoms with Crippen molar-refractivity contribution in [3.05, 3.63) is 36.3 Å². The van der Waals surface area contributed by atoms with Gasteiger partial charge in [-0.15, -0.1) is 0 Å². The Labute approximate surface area is 150 Å². The lowest BCUT2D eigenvalue weighted by atomic mass is 10.1. The number of rotatable bonds is 4. The summed E-state index contributed by atoms with van der Waals surface area (Å²) in [5.41, 5.74) is 3.71. The third-order valence-electron chi connectivity index (χ3n) is 4.49. The number of benzene rings is 1. The van der Waals surface area contributed by atoms with Crippen molar-refractivity contribution in [1.29, 1.82) is 5.26 Å². The highest BCUT2D eigenvalue weighted by Gasteiger charge is 2.22. The number of aryl methyl sites for hydroxylation is 1. The molecule has 0 saturated heterocycles. The van der Waals surface area contributed by atoms with Gasteiger partial charge in [0.1, 0.15) is 12.1 Å². The first-order valence-electron chi connectivity index (χ1n) is 8.39. The molecule has 8 nitrogen and oxygen atoms in total. The fourth-order valence-corrected chi connectivity index (χ4v) is 3.26. The van der Waals surface area contributed by atoms with Crippen LogP contribution in [-0.2, 0) is 17.8 Å². The molecular weight excluding hydrogens is 330 g/mol. The van der Waals surface area contributed by atoms with Crippen LogP contribution in [0.4, 0.5) is 17.2 Å². The highest BCUT2D eigenvalue weighted by Crippen LogP contribution is 2.32. The summed E-state index contributed by atoms with van der Waals surface area (Å²) in [6, 6.07) is 8.06. The van der Waals surface area contributed by atoms with E-state index in [1.165, 1.54) is 6.33 Å². The van der Waals surface area contributed by atoms with Crippen LogP contribution < -0.4 is 10.2 Å². The van der Waals surface area contributed by atoms with Gasteiger partial charge >= 0.3 is 0 Å². The Morgan fingerprint density at radius 2 is 2.27 bits per heavy atom. The van der Waals surface area contributed by atoms with Crippen molar-refractivity contribution in [3.63, 3.8) is 0 Å². The molecule has 2 aromatic heterocycles. The standard InChI is InChI=1S/C18H17N7O/c1-12(26)24-8-5-13-9-14(3-4-16(13)24)23-17-15-10-22-25(7-2-6-19)18(15)21-11-20-17/h3-4,9-11H,2,5,7-8H2,1H3,(H,20,21,23). The van der Waals surface area contributed by atoms with Crippen LogP contribution in [-0.4, -0.2) is 32.2 Å². The summed E-state index contributed by atoms with van der Waals surface area (Å²) in [5, 5.41) is 17.2. The Morgan fingerprint density at radius 3 is 3.08 bits per heavy atom. The number of carbonyl (C=O) groups is 1. The minimum absolute atomic E-state index is 0.0618. The Bertz CT molecular complexity index is 1030. The molecule has 26 heavy (non-hydrogen) atoms. The summed E-state index contributed by atoms with van der Waals surface area (Å²) < 4.78 is 1.71. The number of nitrogens with one attached hydrogen (secondary N) is 1. The first kappa shape index (κ1) is 16.0. The van der Waals surface area contributed by atoms with E-state index >= 15 is 0 Å². The van der Waals surface area contributed by atoms with Gasteiger partial charge in [0.05, 0.1) is 30.6 Å². The van der Waals surface area contributed by atoms with E-state index in [1.54, 1.807) is 22.7 Å². The quantitative estimate of drug-likeness (QED) is 0.778. The SMILES string of the molecule is CC(=O)N1CCc2cc(Nc3ncnc4c3cnn4CCC#N)ccc21. The number of nitrogens with zero attached hydrogens (tertiary/aromatic N) is 6. The highest BCUT2D eigenvalue weighted by atomic mass is 16.2. The summed E-state index contributed by atoms with van der Waals surface area (Å²) in [5.74, 6) is 0.728. The molecule has 0 aliphatic carbocycles. The first-order chi connectivity index (χ1) is 12.7. The van der Waals surface area contributed by atoms with Crippen molar-refractivity contribution < 1.29 is 4.79 Å². The summed E-state index contributed by atoms with van der Waals surface area (Å²) in [6.45, 7) is 2.80. The molecule has 1 aliphatic rings. The number of hydrogen-bond acceptors (Lipinski definition) is 6. The summed E-state index contributed by atoms with van der Waals surface area (Å²) in [6.07, 6.45) is 4.41. The third-order valence-corrected chi connectivity index (χ3v) is 4.49. The normalized spacial score (nSPS) is 12.8. The predicted octanol–water partition coefficient (Wildman–Crippen LogP) is 2.39. The number of amides is 1. The van der Waals surface area contributed by atoms with Gasteiger partial charge in [0, 0.05) is 24.8 Å². The number of anilines is 3. The molecule has 0 fully saturated rings. The smallest absolute Gasteiger partial charge is 0.223 e. The van der Waals surface area contributed by atoms with Crippen molar-refractivity contribution in [2.75, 3.05) is 16.8 Å². The molecule has 3 aromatic rings. The average molecular weight is 347 g/mol. The van der Waals surface area contributed by atoms with Gasteiger partial charge in [-0.2, -0.15) is 10.4 Å². The summed E-state index contributed by atoms with van der Waals surface area (Å²) >= 11 is 0. The van der Waals surface area contributed by atoms with Crippen LogP contribution >= 0.6 is 0 Å². The van der Waals surface area contributed by atoms with Crippen molar-refractivity contribution in [2.45, 2.75) is 26.3 Å². The minimum Gasteiger partial charge on any atom is -0.340 e. The third kappa shape index (κ3) is 2.73. The van der Waals surface area contributed by atoms with Crippen molar-refractivity contribution >= 4 is 34.1 Å². The van der Waals surface area contributed by atoms with Crippen molar-refractivity contribution in [1.82, 2.24) is 19.7 Å². The van der Waals surface area contributed by atoms with E-state index in [2.05, 4.69) is 26.5 Å². The molecule has 130 valence electrons. The van der Waals surface area contributed by atoms with E-state index in [-0.39, 0.29) is 5.91 Å². The molecule has 0 spiro atoms. The molecule has 8 heteroatoms. The van der Waals surface area contributed by atoms with Crippen LogP contribution in [0.5, 0.6) is 0 Å². The first-order valence-corrected chi connectivity index (χ1v) is 8.39.